The average molecular weight is 304 g/mol. The third kappa shape index (κ3) is 3.39. The largest absolute Gasteiger partial charge is 0.550 e. The number of anilines is 1. The number of carboxylic acid groups (broad SMARTS) is 1. The van der Waals surface area contributed by atoms with Gasteiger partial charge in [-0.3, -0.25) is 4.79 Å². The van der Waals surface area contributed by atoms with Gasteiger partial charge in [0.2, 0.25) is 5.91 Å². The fourth-order valence-electron chi connectivity index (χ4n) is 2.50. The molecule has 0 saturated carbocycles. The zero-order valence-corrected chi connectivity index (χ0v) is 12.5. The van der Waals surface area contributed by atoms with Crippen LogP contribution >= 0.6 is 0 Å². The van der Waals surface area contributed by atoms with Crippen LogP contribution in [0.2, 0.25) is 0 Å². The number of hydrogen-bond donors (Lipinski definition) is 1. The molecule has 0 spiro atoms. The van der Waals surface area contributed by atoms with Crippen molar-refractivity contribution in [2.45, 2.75) is 12.8 Å². The van der Waals surface area contributed by atoms with Crippen LogP contribution in [0.3, 0.4) is 0 Å². The molecule has 0 fully saturated rings. The van der Waals surface area contributed by atoms with Gasteiger partial charge in [0.05, 0.1) is 25.8 Å². The van der Waals surface area contributed by atoms with Crippen molar-refractivity contribution in [3.05, 3.63) is 30.4 Å². The molecule has 2 unspecified atom stereocenters. The van der Waals surface area contributed by atoms with E-state index >= 15 is 0 Å². The van der Waals surface area contributed by atoms with Gasteiger partial charge < -0.3 is 24.7 Å². The van der Waals surface area contributed by atoms with Gasteiger partial charge in [0, 0.05) is 18.0 Å². The molecular formula is C16H18NO5-. The summed E-state index contributed by atoms with van der Waals surface area (Å²) in [5.74, 6) is -2.01. The molecule has 22 heavy (non-hydrogen) atoms. The van der Waals surface area contributed by atoms with Crippen LogP contribution in [-0.4, -0.2) is 26.1 Å². The lowest BCUT2D eigenvalue weighted by atomic mass is 9.82. The van der Waals surface area contributed by atoms with E-state index in [2.05, 4.69) is 5.32 Å². The van der Waals surface area contributed by atoms with Crippen molar-refractivity contribution in [3.63, 3.8) is 0 Å². The fraction of sp³-hybridized carbons (Fsp3) is 0.375. The SMILES string of the molecule is COc1ccc(OC)c(NC(=O)C2CC=CCC2C(=O)[O-])c1. The van der Waals surface area contributed by atoms with Gasteiger partial charge in [-0.05, 0) is 25.0 Å². The molecular weight excluding hydrogens is 286 g/mol. The van der Waals surface area contributed by atoms with E-state index in [9.17, 15) is 14.7 Å². The van der Waals surface area contributed by atoms with Crippen molar-refractivity contribution in [1.29, 1.82) is 0 Å². The quantitative estimate of drug-likeness (QED) is 0.819. The summed E-state index contributed by atoms with van der Waals surface area (Å²) in [4.78, 5) is 23.6. The van der Waals surface area contributed by atoms with Crippen LogP contribution in [0.4, 0.5) is 5.69 Å². The molecule has 0 aromatic heterocycles. The van der Waals surface area contributed by atoms with Crippen LogP contribution in [0.15, 0.2) is 30.4 Å². The highest BCUT2D eigenvalue weighted by Crippen LogP contribution is 2.31. The normalized spacial score (nSPS) is 20.3. The lowest BCUT2D eigenvalue weighted by Gasteiger charge is -2.28. The number of hydrogen-bond acceptors (Lipinski definition) is 5. The zero-order valence-electron chi connectivity index (χ0n) is 12.5. The van der Waals surface area contributed by atoms with Crippen LogP contribution < -0.4 is 19.9 Å². The van der Waals surface area contributed by atoms with Crippen molar-refractivity contribution in [2.75, 3.05) is 19.5 Å². The van der Waals surface area contributed by atoms with Crippen LogP contribution in [0.25, 0.3) is 0 Å². The minimum atomic E-state index is -1.21. The highest BCUT2D eigenvalue weighted by Gasteiger charge is 2.30. The molecule has 0 heterocycles. The van der Waals surface area contributed by atoms with Gasteiger partial charge in [0.15, 0.2) is 0 Å². The third-order valence-corrected chi connectivity index (χ3v) is 3.74. The monoisotopic (exact) mass is 304 g/mol. The molecule has 2 atom stereocenters. The number of amides is 1. The Hall–Kier alpha value is -2.50. The van der Waals surface area contributed by atoms with Crippen molar-refractivity contribution in [2.24, 2.45) is 11.8 Å². The number of benzene rings is 1. The first-order valence-corrected chi connectivity index (χ1v) is 6.95. The van der Waals surface area contributed by atoms with E-state index in [1.807, 2.05) is 6.08 Å². The molecule has 0 bridgehead atoms. The van der Waals surface area contributed by atoms with Crippen molar-refractivity contribution in [3.8, 4) is 11.5 Å². The smallest absolute Gasteiger partial charge is 0.228 e. The molecule has 0 saturated heterocycles. The highest BCUT2D eigenvalue weighted by atomic mass is 16.5. The van der Waals surface area contributed by atoms with Gasteiger partial charge in [-0.1, -0.05) is 12.2 Å². The third-order valence-electron chi connectivity index (χ3n) is 3.74. The molecule has 1 aliphatic carbocycles. The van der Waals surface area contributed by atoms with Crippen molar-refractivity contribution < 1.29 is 24.2 Å². The molecule has 1 N–H and O–H groups in total. The van der Waals surface area contributed by atoms with E-state index in [0.717, 1.165) is 0 Å². The van der Waals surface area contributed by atoms with Crippen LogP contribution in [0.1, 0.15) is 12.8 Å². The second-order valence-electron chi connectivity index (χ2n) is 5.03. The van der Waals surface area contributed by atoms with Crippen LogP contribution in [0, 0.1) is 11.8 Å². The summed E-state index contributed by atoms with van der Waals surface area (Å²) in [5, 5.41) is 13.9. The molecule has 6 heteroatoms. The maximum absolute atomic E-state index is 12.4. The standard InChI is InChI=1S/C16H19NO5/c1-21-10-7-8-14(22-2)13(9-10)17-15(18)11-5-3-4-6-12(11)16(19)20/h3-4,7-9,11-12H,5-6H2,1-2H3,(H,17,18)(H,19,20)/p-1. The number of carbonyl (C=O) groups is 2. The fourth-order valence-corrected chi connectivity index (χ4v) is 2.50. The first kappa shape index (κ1) is 15.9. The molecule has 118 valence electrons. The van der Waals surface area contributed by atoms with E-state index in [-0.39, 0.29) is 5.91 Å². The number of ether oxygens (including phenoxy) is 2. The molecule has 1 aromatic rings. The zero-order chi connectivity index (χ0) is 16.1. The lowest BCUT2D eigenvalue weighted by molar-refractivity contribution is -0.313. The van der Waals surface area contributed by atoms with E-state index < -0.39 is 17.8 Å². The Morgan fingerprint density at radius 2 is 1.82 bits per heavy atom. The summed E-state index contributed by atoms with van der Waals surface area (Å²) >= 11 is 0. The van der Waals surface area contributed by atoms with E-state index in [4.69, 9.17) is 9.47 Å². The number of aliphatic carboxylic acids is 1. The molecule has 0 aliphatic heterocycles. The number of allylic oxidation sites excluding steroid dienone is 2. The number of methoxy groups -OCH3 is 2. The number of carbonyl (C=O) groups excluding carboxylic acids is 2. The van der Waals surface area contributed by atoms with Gasteiger partial charge in [-0.15, -0.1) is 0 Å². The van der Waals surface area contributed by atoms with E-state index in [1.54, 1.807) is 24.3 Å². The second kappa shape index (κ2) is 6.98. The van der Waals surface area contributed by atoms with E-state index in [0.29, 0.717) is 30.0 Å². The highest BCUT2D eigenvalue weighted by molar-refractivity contribution is 5.96. The summed E-state index contributed by atoms with van der Waals surface area (Å²) in [7, 11) is 3.01. The summed E-state index contributed by atoms with van der Waals surface area (Å²) in [6, 6.07) is 5.01. The molecule has 1 aromatic carbocycles. The molecule has 1 amide bonds. The molecule has 0 radical (unpaired) electrons. The predicted octanol–water partition coefficient (Wildman–Crippen LogP) is 0.975. The minimum absolute atomic E-state index is 0.301. The maximum atomic E-state index is 12.4. The Morgan fingerprint density at radius 1 is 1.14 bits per heavy atom. The average Bonchev–Trinajstić information content (AvgIpc) is 2.54. The Kier molecular flexibility index (Phi) is 5.04. The first-order valence-electron chi connectivity index (χ1n) is 6.95. The first-order chi connectivity index (χ1) is 10.6. The lowest BCUT2D eigenvalue weighted by Crippen LogP contribution is -2.41. The van der Waals surface area contributed by atoms with Gasteiger partial charge in [0.25, 0.3) is 0 Å². The Balaban J connectivity index is 2.20. The summed E-state index contributed by atoms with van der Waals surface area (Å²) in [5.41, 5.74) is 0.443. The van der Waals surface area contributed by atoms with Gasteiger partial charge in [0.1, 0.15) is 11.5 Å². The summed E-state index contributed by atoms with van der Waals surface area (Å²) in [6.45, 7) is 0. The summed E-state index contributed by atoms with van der Waals surface area (Å²) in [6.07, 6.45) is 4.25. The summed E-state index contributed by atoms with van der Waals surface area (Å²) < 4.78 is 10.3. The molecule has 1 aliphatic rings. The van der Waals surface area contributed by atoms with Gasteiger partial charge in [-0.25, -0.2) is 0 Å². The topological polar surface area (TPSA) is 87.7 Å². The Bertz CT molecular complexity index is 596. The predicted molar refractivity (Wildman–Crippen MR) is 78.5 cm³/mol. The second-order valence-corrected chi connectivity index (χ2v) is 5.03. The van der Waals surface area contributed by atoms with Gasteiger partial charge >= 0.3 is 0 Å². The van der Waals surface area contributed by atoms with Crippen LogP contribution in [-0.2, 0) is 9.59 Å². The number of rotatable bonds is 5. The maximum Gasteiger partial charge on any atom is 0.228 e. The molecule has 2 rings (SSSR count). The Morgan fingerprint density at radius 3 is 2.41 bits per heavy atom. The number of carboxylic acids is 1. The molecule has 6 nitrogen and oxygen atoms in total. The number of nitrogens with one attached hydrogen (secondary N) is 1. The minimum Gasteiger partial charge on any atom is -0.550 e. The van der Waals surface area contributed by atoms with Crippen molar-refractivity contribution >= 4 is 17.6 Å². The van der Waals surface area contributed by atoms with E-state index in [1.165, 1.54) is 14.2 Å². The van der Waals surface area contributed by atoms with Gasteiger partial charge in [-0.2, -0.15) is 0 Å². The Labute approximate surface area is 128 Å². The van der Waals surface area contributed by atoms with Crippen LogP contribution in [0.5, 0.6) is 11.5 Å². The van der Waals surface area contributed by atoms with Crippen molar-refractivity contribution in [1.82, 2.24) is 0 Å².